The minimum atomic E-state index is -1.85. The van der Waals surface area contributed by atoms with Crippen LogP contribution in [0.4, 0.5) is 17.6 Å². The van der Waals surface area contributed by atoms with Crippen LogP contribution in [0.25, 0.3) is 11.3 Å². The van der Waals surface area contributed by atoms with Crippen LogP contribution in [0.15, 0.2) is 10.6 Å². The molecule has 0 N–H and O–H groups in total. The molecule has 1 aromatic carbocycles. The number of hydrogen-bond acceptors (Lipinski definition) is 2. The van der Waals surface area contributed by atoms with Crippen molar-refractivity contribution in [2.24, 2.45) is 0 Å². The summed E-state index contributed by atoms with van der Waals surface area (Å²) in [6.45, 7) is 6.72. The molecule has 0 radical (unpaired) electrons. The van der Waals surface area contributed by atoms with Crippen molar-refractivity contribution in [2.75, 3.05) is 0 Å². The summed E-state index contributed by atoms with van der Waals surface area (Å²) in [5, 5.41) is 0. The molecule has 0 spiro atoms. The van der Waals surface area contributed by atoms with Crippen molar-refractivity contribution < 1.29 is 22.0 Å². The summed E-state index contributed by atoms with van der Waals surface area (Å²) in [6, 6.07) is 0. The van der Waals surface area contributed by atoms with Gasteiger partial charge in [0, 0.05) is 11.5 Å². The standard InChI is InChI=1S/C15H15F4NO/c1-6(2)9-10(8-5-20-15(21-8)7(3)4)12(17)14(19)13(18)11(9)16/h5-7H,1-4H3. The molecule has 0 aliphatic carbocycles. The Morgan fingerprint density at radius 1 is 0.857 bits per heavy atom. The number of oxazole rings is 1. The SMILES string of the molecule is CC(C)c1ncc(-c2c(F)c(F)c(F)c(F)c2C(C)C)o1. The number of aromatic nitrogens is 1. The Bertz CT molecular complexity index is 677. The number of nitrogens with zero attached hydrogens (tertiary/aromatic N) is 1. The molecule has 114 valence electrons. The van der Waals surface area contributed by atoms with E-state index in [0.29, 0.717) is 5.89 Å². The smallest absolute Gasteiger partial charge is 0.198 e. The van der Waals surface area contributed by atoms with Gasteiger partial charge in [-0.2, -0.15) is 0 Å². The van der Waals surface area contributed by atoms with Gasteiger partial charge in [0.15, 0.2) is 34.9 Å². The van der Waals surface area contributed by atoms with Crippen molar-refractivity contribution in [1.29, 1.82) is 0 Å². The zero-order valence-electron chi connectivity index (χ0n) is 12.1. The van der Waals surface area contributed by atoms with E-state index in [9.17, 15) is 17.6 Å². The highest BCUT2D eigenvalue weighted by molar-refractivity contribution is 5.64. The predicted octanol–water partition coefficient (Wildman–Crippen LogP) is 5.14. The number of halogens is 4. The molecule has 0 aliphatic rings. The molecule has 0 atom stereocenters. The van der Waals surface area contributed by atoms with E-state index >= 15 is 0 Å². The summed E-state index contributed by atoms with van der Waals surface area (Å²) in [4.78, 5) is 3.94. The fourth-order valence-corrected chi connectivity index (χ4v) is 2.10. The Hall–Kier alpha value is -1.85. The average molecular weight is 301 g/mol. The number of benzene rings is 1. The molecule has 0 bridgehead atoms. The van der Waals surface area contributed by atoms with Crippen molar-refractivity contribution in [2.45, 2.75) is 39.5 Å². The number of hydrogen-bond donors (Lipinski definition) is 0. The monoisotopic (exact) mass is 301 g/mol. The second-order valence-corrected chi connectivity index (χ2v) is 5.42. The molecule has 2 aromatic rings. The molecule has 1 heterocycles. The summed E-state index contributed by atoms with van der Waals surface area (Å²) in [5.41, 5.74) is -0.682. The lowest BCUT2D eigenvalue weighted by Crippen LogP contribution is -2.07. The normalized spacial score (nSPS) is 11.7. The molecular weight excluding hydrogens is 286 g/mol. The van der Waals surface area contributed by atoms with Crippen LogP contribution in [0.2, 0.25) is 0 Å². The van der Waals surface area contributed by atoms with Gasteiger partial charge in [-0.3, -0.25) is 0 Å². The second kappa shape index (κ2) is 5.50. The molecule has 2 rings (SSSR count). The highest BCUT2D eigenvalue weighted by Gasteiger charge is 2.29. The summed E-state index contributed by atoms with van der Waals surface area (Å²) in [6.07, 6.45) is 1.19. The Morgan fingerprint density at radius 2 is 1.43 bits per heavy atom. The van der Waals surface area contributed by atoms with Crippen molar-refractivity contribution in [3.63, 3.8) is 0 Å². The first-order chi connectivity index (χ1) is 9.75. The lowest BCUT2D eigenvalue weighted by atomic mass is 9.94. The third kappa shape index (κ3) is 2.54. The molecule has 6 heteroatoms. The third-order valence-electron chi connectivity index (χ3n) is 3.14. The van der Waals surface area contributed by atoms with Crippen LogP contribution in [-0.2, 0) is 0 Å². The predicted molar refractivity (Wildman–Crippen MR) is 69.9 cm³/mol. The van der Waals surface area contributed by atoms with Crippen LogP contribution in [0.5, 0.6) is 0 Å². The van der Waals surface area contributed by atoms with E-state index in [-0.39, 0.29) is 17.2 Å². The zero-order chi connectivity index (χ0) is 15.9. The van der Waals surface area contributed by atoms with Crippen molar-refractivity contribution in [3.05, 3.63) is 40.9 Å². The Labute approximate surface area is 119 Å². The highest BCUT2D eigenvalue weighted by Crippen LogP contribution is 2.37. The molecule has 0 aliphatic heterocycles. The molecule has 0 saturated heterocycles. The van der Waals surface area contributed by atoms with Gasteiger partial charge in [0.05, 0.1) is 11.8 Å². The first-order valence-electron chi connectivity index (χ1n) is 6.57. The van der Waals surface area contributed by atoms with Gasteiger partial charge in [-0.05, 0) is 5.92 Å². The summed E-state index contributed by atoms with van der Waals surface area (Å²) >= 11 is 0. The molecule has 2 nitrogen and oxygen atoms in total. The first kappa shape index (κ1) is 15.5. The van der Waals surface area contributed by atoms with E-state index in [1.54, 1.807) is 27.7 Å². The Morgan fingerprint density at radius 3 is 1.90 bits per heavy atom. The summed E-state index contributed by atoms with van der Waals surface area (Å²) in [7, 11) is 0. The van der Waals surface area contributed by atoms with E-state index < -0.39 is 34.8 Å². The quantitative estimate of drug-likeness (QED) is 0.445. The maximum Gasteiger partial charge on any atom is 0.198 e. The van der Waals surface area contributed by atoms with Crippen LogP contribution in [0, 0.1) is 23.3 Å². The molecule has 0 amide bonds. The minimum Gasteiger partial charge on any atom is -0.440 e. The Balaban J connectivity index is 2.77. The molecule has 0 unspecified atom stereocenters. The fourth-order valence-electron chi connectivity index (χ4n) is 2.10. The van der Waals surface area contributed by atoms with Gasteiger partial charge < -0.3 is 4.42 Å². The van der Waals surface area contributed by atoms with Gasteiger partial charge in [0.25, 0.3) is 0 Å². The van der Waals surface area contributed by atoms with E-state index in [4.69, 9.17) is 4.42 Å². The van der Waals surface area contributed by atoms with Gasteiger partial charge in [-0.1, -0.05) is 27.7 Å². The van der Waals surface area contributed by atoms with E-state index in [1.165, 1.54) is 6.20 Å². The maximum atomic E-state index is 14.1. The number of rotatable bonds is 3. The van der Waals surface area contributed by atoms with E-state index in [2.05, 4.69) is 4.98 Å². The lowest BCUT2D eigenvalue weighted by molar-refractivity contribution is 0.400. The van der Waals surface area contributed by atoms with Gasteiger partial charge in [-0.15, -0.1) is 0 Å². The average Bonchev–Trinajstić information content (AvgIpc) is 2.89. The van der Waals surface area contributed by atoms with Gasteiger partial charge in [0.1, 0.15) is 0 Å². The lowest BCUT2D eigenvalue weighted by Gasteiger charge is -2.14. The molecular formula is C15H15F4NO. The van der Waals surface area contributed by atoms with Crippen LogP contribution < -0.4 is 0 Å². The van der Waals surface area contributed by atoms with Gasteiger partial charge in [0.2, 0.25) is 0 Å². The third-order valence-corrected chi connectivity index (χ3v) is 3.14. The van der Waals surface area contributed by atoms with Crippen LogP contribution in [0.1, 0.15) is 51.0 Å². The molecule has 1 aromatic heterocycles. The first-order valence-corrected chi connectivity index (χ1v) is 6.57. The van der Waals surface area contributed by atoms with E-state index in [1.807, 2.05) is 0 Å². The van der Waals surface area contributed by atoms with Crippen molar-refractivity contribution in [3.8, 4) is 11.3 Å². The molecule has 0 fully saturated rings. The second-order valence-electron chi connectivity index (χ2n) is 5.42. The molecule has 21 heavy (non-hydrogen) atoms. The van der Waals surface area contributed by atoms with Gasteiger partial charge in [-0.25, -0.2) is 22.5 Å². The fraction of sp³-hybridized carbons (Fsp3) is 0.400. The topological polar surface area (TPSA) is 26.0 Å². The minimum absolute atomic E-state index is 0.0700. The van der Waals surface area contributed by atoms with Crippen molar-refractivity contribution >= 4 is 0 Å². The largest absolute Gasteiger partial charge is 0.440 e. The summed E-state index contributed by atoms with van der Waals surface area (Å²) in [5.74, 6) is -6.97. The van der Waals surface area contributed by atoms with Crippen LogP contribution in [0.3, 0.4) is 0 Å². The van der Waals surface area contributed by atoms with Crippen LogP contribution >= 0.6 is 0 Å². The van der Waals surface area contributed by atoms with E-state index in [0.717, 1.165) is 0 Å². The van der Waals surface area contributed by atoms with Crippen LogP contribution in [-0.4, -0.2) is 4.98 Å². The summed E-state index contributed by atoms with van der Waals surface area (Å²) < 4.78 is 60.3. The Kier molecular flexibility index (Phi) is 4.07. The van der Waals surface area contributed by atoms with Gasteiger partial charge >= 0.3 is 0 Å². The van der Waals surface area contributed by atoms with Crippen molar-refractivity contribution in [1.82, 2.24) is 4.98 Å². The zero-order valence-corrected chi connectivity index (χ0v) is 12.1. The molecule has 0 saturated carbocycles. The highest BCUT2D eigenvalue weighted by atomic mass is 19.2. The maximum absolute atomic E-state index is 14.1.